The Labute approximate surface area is 191 Å². The second-order valence-electron chi connectivity index (χ2n) is 7.30. The molecule has 0 unspecified atom stereocenters. The van der Waals surface area contributed by atoms with Crippen molar-refractivity contribution in [2.75, 3.05) is 38.2 Å². The Morgan fingerprint density at radius 3 is 2.48 bits per heavy atom. The molecule has 4 N–H and O–H groups in total. The van der Waals surface area contributed by atoms with Crippen LogP contribution in [0.2, 0.25) is 0 Å². The third-order valence-corrected chi connectivity index (χ3v) is 5.15. The first-order valence-electron chi connectivity index (χ1n) is 10.3. The first-order chi connectivity index (χ1) is 13.6. The summed E-state index contributed by atoms with van der Waals surface area (Å²) in [4.78, 5) is 16.6. The number of nitrogens with zero attached hydrogens (tertiary/aromatic N) is 1. The van der Waals surface area contributed by atoms with Crippen molar-refractivity contribution in [1.29, 1.82) is 0 Å². The molecule has 2 rings (SSSR count). The van der Waals surface area contributed by atoms with Crippen molar-refractivity contribution in [2.24, 2.45) is 10.4 Å². The van der Waals surface area contributed by atoms with Crippen LogP contribution in [0.5, 0.6) is 5.75 Å². The van der Waals surface area contributed by atoms with Gasteiger partial charge in [0.2, 0.25) is 5.91 Å². The molecule has 1 aromatic rings. The largest absolute Gasteiger partial charge is 0.508 e. The summed E-state index contributed by atoms with van der Waals surface area (Å²) < 4.78 is 5.58. The van der Waals surface area contributed by atoms with Crippen molar-refractivity contribution in [2.45, 2.75) is 46.0 Å². The zero-order valence-electron chi connectivity index (χ0n) is 17.5. The van der Waals surface area contributed by atoms with Crippen molar-refractivity contribution in [3.8, 4) is 5.75 Å². The molecule has 0 aliphatic heterocycles. The summed E-state index contributed by atoms with van der Waals surface area (Å²) in [5.74, 6) is 0.626. The number of guanidine groups is 1. The van der Waals surface area contributed by atoms with Crippen LogP contribution in [0.25, 0.3) is 0 Å². The van der Waals surface area contributed by atoms with Crippen molar-refractivity contribution in [3.63, 3.8) is 0 Å². The minimum atomic E-state index is -0.199. The molecular formula is C21H35IN4O3. The Morgan fingerprint density at radius 1 is 1.17 bits per heavy atom. The number of benzene rings is 1. The molecule has 29 heavy (non-hydrogen) atoms. The topological polar surface area (TPSA) is 95.0 Å². The molecule has 1 aliphatic carbocycles. The van der Waals surface area contributed by atoms with Gasteiger partial charge in [-0.3, -0.25) is 4.79 Å². The van der Waals surface area contributed by atoms with Crippen LogP contribution in [-0.4, -0.2) is 49.8 Å². The van der Waals surface area contributed by atoms with E-state index in [9.17, 15) is 9.90 Å². The lowest BCUT2D eigenvalue weighted by Gasteiger charge is -2.30. The molecule has 1 amide bonds. The summed E-state index contributed by atoms with van der Waals surface area (Å²) in [6.07, 6.45) is 5.98. The fourth-order valence-electron chi connectivity index (χ4n) is 3.58. The molecule has 164 valence electrons. The van der Waals surface area contributed by atoms with Crippen LogP contribution in [0, 0.1) is 5.41 Å². The molecule has 0 radical (unpaired) electrons. The number of anilines is 1. The summed E-state index contributed by atoms with van der Waals surface area (Å²) in [5.41, 5.74) is 0.886. The number of hydrogen-bond acceptors (Lipinski definition) is 4. The third-order valence-electron chi connectivity index (χ3n) is 5.15. The summed E-state index contributed by atoms with van der Waals surface area (Å²) in [7, 11) is 0. The number of amides is 1. The Bertz CT molecular complexity index is 631. The number of carbonyl (C=O) groups is 1. The number of rotatable bonds is 10. The van der Waals surface area contributed by atoms with Crippen LogP contribution < -0.4 is 16.0 Å². The maximum Gasteiger partial charge on any atom is 0.246 e. The average molecular weight is 518 g/mol. The molecule has 0 heterocycles. The lowest BCUT2D eigenvalue weighted by Crippen LogP contribution is -2.43. The van der Waals surface area contributed by atoms with E-state index in [2.05, 4.69) is 20.9 Å². The number of hydrogen-bond donors (Lipinski definition) is 4. The highest BCUT2D eigenvalue weighted by atomic mass is 127. The van der Waals surface area contributed by atoms with Gasteiger partial charge in [0.25, 0.3) is 0 Å². The minimum absolute atomic E-state index is 0. The zero-order valence-corrected chi connectivity index (χ0v) is 19.8. The fourth-order valence-corrected chi connectivity index (χ4v) is 3.58. The van der Waals surface area contributed by atoms with E-state index in [1.807, 2.05) is 13.8 Å². The van der Waals surface area contributed by atoms with E-state index >= 15 is 0 Å². The monoisotopic (exact) mass is 518 g/mol. The predicted octanol–water partition coefficient (Wildman–Crippen LogP) is 3.49. The standard InChI is InChI=1S/C21H34N4O3.HI/c1-3-22-20(23-15-19(27)25-17-7-9-18(26)10-8-17)24-16-21(11-5-6-12-21)13-14-28-4-2;/h7-10,26H,3-6,11-16H2,1-2H3,(H,25,27)(H2,22,23,24);1H. The summed E-state index contributed by atoms with van der Waals surface area (Å²) >= 11 is 0. The van der Waals surface area contributed by atoms with Crippen LogP contribution in [0.1, 0.15) is 46.0 Å². The smallest absolute Gasteiger partial charge is 0.246 e. The van der Waals surface area contributed by atoms with E-state index < -0.39 is 0 Å². The van der Waals surface area contributed by atoms with Crippen molar-refractivity contribution < 1.29 is 14.6 Å². The van der Waals surface area contributed by atoms with Crippen LogP contribution in [-0.2, 0) is 9.53 Å². The van der Waals surface area contributed by atoms with Crippen LogP contribution >= 0.6 is 24.0 Å². The number of phenolic OH excluding ortho intramolecular Hbond substituents is 1. The van der Waals surface area contributed by atoms with E-state index in [1.54, 1.807) is 12.1 Å². The molecule has 8 heteroatoms. The Morgan fingerprint density at radius 2 is 1.86 bits per heavy atom. The molecule has 1 aromatic carbocycles. The number of phenols is 1. The second kappa shape index (κ2) is 13.6. The molecule has 0 spiro atoms. The maximum atomic E-state index is 12.2. The van der Waals surface area contributed by atoms with Gasteiger partial charge in [-0.05, 0) is 62.8 Å². The zero-order chi connectivity index (χ0) is 20.2. The van der Waals surface area contributed by atoms with Crippen LogP contribution in [0.3, 0.4) is 0 Å². The molecule has 0 bridgehead atoms. The van der Waals surface area contributed by atoms with Gasteiger partial charge in [-0.15, -0.1) is 24.0 Å². The van der Waals surface area contributed by atoms with Gasteiger partial charge < -0.3 is 25.8 Å². The van der Waals surface area contributed by atoms with E-state index in [-0.39, 0.29) is 47.6 Å². The van der Waals surface area contributed by atoms with Gasteiger partial charge in [0, 0.05) is 32.0 Å². The number of nitrogens with one attached hydrogen (secondary N) is 3. The molecule has 0 atom stereocenters. The quantitative estimate of drug-likeness (QED) is 0.125. The molecule has 1 fully saturated rings. The van der Waals surface area contributed by atoms with Gasteiger partial charge in [-0.25, -0.2) is 4.99 Å². The summed E-state index contributed by atoms with van der Waals surface area (Å²) in [5, 5.41) is 18.7. The normalized spacial score (nSPS) is 15.4. The van der Waals surface area contributed by atoms with E-state index in [1.165, 1.54) is 37.8 Å². The lowest BCUT2D eigenvalue weighted by molar-refractivity contribution is -0.114. The molecule has 1 saturated carbocycles. The average Bonchev–Trinajstić information content (AvgIpc) is 3.15. The van der Waals surface area contributed by atoms with Gasteiger partial charge in [0.1, 0.15) is 12.3 Å². The third kappa shape index (κ3) is 9.20. The first-order valence-corrected chi connectivity index (χ1v) is 10.3. The van der Waals surface area contributed by atoms with Crippen molar-refractivity contribution in [3.05, 3.63) is 24.3 Å². The molecule has 0 saturated heterocycles. The number of aromatic hydroxyl groups is 1. The van der Waals surface area contributed by atoms with Gasteiger partial charge >= 0.3 is 0 Å². The Balaban J connectivity index is 0.00000420. The number of carbonyl (C=O) groups excluding carboxylic acids is 1. The highest BCUT2D eigenvalue weighted by Gasteiger charge is 2.33. The summed E-state index contributed by atoms with van der Waals surface area (Å²) in [6, 6.07) is 6.38. The second-order valence-corrected chi connectivity index (χ2v) is 7.30. The van der Waals surface area contributed by atoms with Crippen molar-refractivity contribution in [1.82, 2.24) is 10.6 Å². The van der Waals surface area contributed by atoms with Gasteiger partial charge in [-0.2, -0.15) is 0 Å². The summed E-state index contributed by atoms with van der Waals surface area (Å²) in [6.45, 7) is 7.18. The molecule has 1 aliphatic rings. The van der Waals surface area contributed by atoms with Gasteiger partial charge in [0.05, 0.1) is 0 Å². The number of halogens is 1. The van der Waals surface area contributed by atoms with Crippen molar-refractivity contribution >= 4 is 41.5 Å². The van der Waals surface area contributed by atoms with Gasteiger partial charge in [-0.1, -0.05) is 12.8 Å². The lowest BCUT2D eigenvalue weighted by atomic mass is 9.83. The Hall–Kier alpha value is -1.55. The minimum Gasteiger partial charge on any atom is -0.508 e. The maximum absolute atomic E-state index is 12.2. The van der Waals surface area contributed by atoms with Crippen LogP contribution in [0.4, 0.5) is 5.69 Å². The molecular weight excluding hydrogens is 483 g/mol. The van der Waals surface area contributed by atoms with E-state index in [0.29, 0.717) is 11.6 Å². The predicted molar refractivity (Wildman–Crippen MR) is 128 cm³/mol. The van der Waals surface area contributed by atoms with Gasteiger partial charge in [0.15, 0.2) is 5.96 Å². The highest BCUT2D eigenvalue weighted by molar-refractivity contribution is 14.0. The van der Waals surface area contributed by atoms with E-state index in [0.717, 1.165) is 32.7 Å². The number of aliphatic imine (C=N–C) groups is 1. The first kappa shape index (κ1) is 25.5. The van der Waals surface area contributed by atoms with Crippen LogP contribution in [0.15, 0.2) is 29.3 Å². The highest BCUT2D eigenvalue weighted by Crippen LogP contribution is 2.40. The van der Waals surface area contributed by atoms with E-state index in [4.69, 9.17) is 4.74 Å². The number of ether oxygens (including phenoxy) is 1. The SMILES string of the molecule is CCNC(=NCC(=O)Nc1ccc(O)cc1)NCC1(CCOCC)CCCC1.I. The molecule has 0 aromatic heterocycles. The molecule has 7 nitrogen and oxygen atoms in total. The fraction of sp³-hybridized carbons (Fsp3) is 0.619. The Kier molecular flexibility index (Phi) is 12.0.